The van der Waals surface area contributed by atoms with Gasteiger partial charge in [-0.05, 0) is 92.6 Å². The minimum atomic E-state index is -0.387. The minimum absolute atomic E-state index is 0.115. The summed E-state index contributed by atoms with van der Waals surface area (Å²) in [5.74, 6) is 11.6. The molecule has 12 nitrogen and oxygen atoms in total. The number of carbonyl (C=O) groups is 2. The molecule has 0 saturated heterocycles. The Morgan fingerprint density at radius 3 is 1.58 bits per heavy atom. The summed E-state index contributed by atoms with van der Waals surface area (Å²) in [6.45, 7) is 4.75. The van der Waals surface area contributed by atoms with Crippen LogP contribution in [0.4, 0.5) is 4.39 Å². The number of benzene rings is 4. The van der Waals surface area contributed by atoms with Crippen LogP contribution in [-0.4, -0.2) is 63.6 Å². The molecule has 13 heteroatoms. The van der Waals surface area contributed by atoms with E-state index < -0.39 is 0 Å². The largest absolute Gasteiger partial charge is 0.352 e. The van der Waals surface area contributed by atoms with Gasteiger partial charge in [0.25, 0.3) is 11.8 Å². The molecular weight excluding hydrogens is 780 g/mol. The van der Waals surface area contributed by atoms with Gasteiger partial charge in [-0.3, -0.25) is 9.59 Å². The molecule has 0 saturated carbocycles. The molecule has 0 radical (unpaired) electrons. The number of rotatable bonds is 12. The summed E-state index contributed by atoms with van der Waals surface area (Å²) >= 11 is 0. The fourth-order valence-corrected chi connectivity index (χ4v) is 6.22. The van der Waals surface area contributed by atoms with Crippen LogP contribution in [0, 0.1) is 36.4 Å². The highest BCUT2D eigenvalue weighted by molar-refractivity contribution is 5.95. The molecule has 4 aromatic carbocycles. The Labute approximate surface area is 359 Å². The molecule has 0 spiro atoms. The highest BCUT2D eigenvalue weighted by atomic mass is 19.1. The SMILES string of the molecule is Cc1ccc(C#Cc2cc(C(=O)NCCCn3ccnc3)ccc2-n2cccn2)cc1.O=C(NCCCn1ccnc1)c1ccc(-n2cccn2)c(C#Cc2ccccc2F)c1. The maximum atomic E-state index is 14.0. The van der Waals surface area contributed by atoms with Gasteiger partial charge in [0, 0.05) is 92.4 Å². The standard InChI is InChI=1S/C25H23N5O.C24H20FN5O/c1-20-4-6-21(7-5-20)8-9-22-18-23(10-11-24(22)30-16-3-13-28-30)25(31)27-12-2-15-29-17-14-26-19-29;25-22-6-2-1-5-19(22)7-8-20-17-21(9-10-23(20)30-15-4-12-28-30)24(31)27-11-3-14-29-16-13-26-18-29/h3-7,10-11,13-14,16-19H,2,12,15H2,1H3,(H,27,31);1-2,4-6,9-10,12-13,15-18H,3,11,14H2,(H,27,31). The lowest BCUT2D eigenvalue weighted by molar-refractivity contribution is 0.0944. The summed E-state index contributed by atoms with van der Waals surface area (Å²) in [7, 11) is 0. The van der Waals surface area contributed by atoms with E-state index in [1.165, 1.54) is 11.6 Å². The summed E-state index contributed by atoms with van der Waals surface area (Å²) in [4.78, 5) is 33.3. The number of amides is 2. The van der Waals surface area contributed by atoms with Crippen molar-refractivity contribution in [3.63, 3.8) is 0 Å². The van der Waals surface area contributed by atoms with Gasteiger partial charge in [0.05, 0.1) is 40.7 Å². The molecule has 2 N–H and O–H groups in total. The summed E-state index contributed by atoms with van der Waals surface area (Å²) < 4.78 is 21.3. The molecule has 0 aliphatic rings. The van der Waals surface area contributed by atoms with E-state index >= 15 is 0 Å². The smallest absolute Gasteiger partial charge is 0.251 e. The van der Waals surface area contributed by atoms with Crippen LogP contribution in [0.3, 0.4) is 0 Å². The predicted molar refractivity (Wildman–Crippen MR) is 235 cm³/mol. The number of aromatic nitrogens is 8. The summed E-state index contributed by atoms with van der Waals surface area (Å²) in [6, 6.07) is 28.8. The van der Waals surface area contributed by atoms with Crippen LogP contribution in [0.2, 0.25) is 0 Å². The van der Waals surface area contributed by atoms with E-state index in [0.717, 1.165) is 42.7 Å². The Morgan fingerprint density at radius 1 is 0.581 bits per heavy atom. The van der Waals surface area contributed by atoms with Crippen LogP contribution in [0.5, 0.6) is 0 Å². The number of carbonyl (C=O) groups excluding carboxylic acids is 2. The van der Waals surface area contributed by atoms with Crippen molar-refractivity contribution in [1.29, 1.82) is 0 Å². The molecule has 0 fully saturated rings. The second-order valence-electron chi connectivity index (χ2n) is 14.0. The fraction of sp³-hybridized carbons (Fsp3) is 0.143. The zero-order chi connectivity index (χ0) is 42.9. The lowest BCUT2D eigenvalue weighted by Crippen LogP contribution is -2.25. The second-order valence-corrected chi connectivity index (χ2v) is 14.0. The van der Waals surface area contributed by atoms with E-state index in [1.807, 2.05) is 77.1 Å². The molecule has 0 unspecified atom stereocenters. The summed E-state index contributed by atoms with van der Waals surface area (Å²) in [5.41, 5.74) is 6.34. The molecule has 8 rings (SSSR count). The van der Waals surface area contributed by atoms with Crippen LogP contribution in [0.15, 0.2) is 159 Å². The molecule has 4 heterocycles. The zero-order valence-corrected chi connectivity index (χ0v) is 34.0. The Bertz CT molecular complexity index is 2810. The lowest BCUT2D eigenvalue weighted by atomic mass is 10.1. The van der Waals surface area contributed by atoms with E-state index in [2.05, 4.69) is 54.5 Å². The van der Waals surface area contributed by atoms with Gasteiger partial charge in [-0.1, -0.05) is 53.5 Å². The van der Waals surface area contributed by atoms with Gasteiger partial charge < -0.3 is 19.8 Å². The number of nitrogens with one attached hydrogen (secondary N) is 2. The molecule has 2 amide bonds. The van der Waals surface area contributed by atoms with Crippen molar-refractivity contribution in [1.82, 2.24) is 49.3 Å². The minimum Gasteiger partial charge on any atom is -0.352 e. The molecule has 0 aliphatic carbocycles. The first-order valence-electron chi connectivity index (χ1n) is 20.0. The van der Waals surface area contributed by atoms with Crippen LogP contribution in [-0.2, 0) is 13.1 Å². The van der Waals surface area contributed by atoms with E-state index in [4.69, 9.17) is 0 Å². The van der Waals surface area contributed by atoms with Crippen molar-refractivity contribution in [2.45, 2.75) is 32.9 Å². The molecule has 308 valence electrons. The van der Waals surface area contributed by atoms with Crippen LogP contribution >= 0.6 is 0 Å². The Balaban J connectivity index is 0.000000186. The Morgan fingerprint density at radius 2 is 1.10 bits per heavy atom. The van der Waals surface area contributed by atoms with Crippen LogP contribution in [0.25, 0.3) is 11.4 Å². The van der Waals surface area contributed by atoms with Gasteiger partial charge in [-0.2, -0.15) is 10.2 Å². The van der Waals surface area contributed by atoms with Crippen molar-refractivity contribution < 1.29 is 14.0 Å². The monoisotopic (exact) mass is 822 g/mol. The normalized spacial score (nSPS) is 10.4. The van der Waals surface area contributed by atoms with Crippen molar-refractivity contribution in [2.24, 2.45) is 0 Å². The molecule has 62 heavy (non-hydrogen) atoms. The Hall–Kier alpha value is -8.29. The maximum absolute atomic E-state index is 14.0. The first-order chi connectivity index (χ1) is 30.4. The van der Waals surface area contributed by atoms with Gasteiger partial charge in [-0.15, -0.1) is 0 Å². The van der Waals surface area contributed by atoms with E-state index in [-0.39, 0.29) is 17.6 Å². The van der Waals surface area contributed by atoms with E-state index in [9.17, 15) is 14.0 Å². The van der Waals surface area contributed by atoms with E-state index in [1.54, 1.807) is 102 Å². The van der Waals surface area contributed by atoms with Crippen molar-refractivity contribution in [3.8, 4) is 35.1 Å². The maximum Gasteiger partial charge on any atom is 0.251 e. The number of aryl methyl sites for hydroxylation is 3. The third-order valence-corrected chi connectivity index (χ3v) is 9.49. The molecule has 0 atom stereocenters. The van der Waals surface area contributed by atoms with Gasteiger partial charge in [0.1, 0.15) is 5.82 Å². The van der Waals surface area contributed by atoms with Crippen LogP contribution < -0.4 is 10.6 Å². The molecule has 0 aliphatic heterocycles. The van der Waals surface area contributed by atoms with Crippen molar-refractivity contribution >= 4 is 11.8 Å². The van der Waals surface area contributed by atoms with Gasteiger partial charge in [-0.25, -0.2) is 23.7 Å². The van der Waals surface area contributed by atoms with Crippen molar-refractivity contribution in [2.75, 3.05) is 13.1 Å². The Kier molecular flexibility index (Phi) is 14.3. The number of hydrogen-bond donors (Lipinski definition) is 2. The summed E-state index contributed by atoms with van der Waals surface area (Å²) in [5, 5.41) is 14.5. The molecular formula is C49H43FN10O2. The highest BCUT2D eigenvalue weighted by Crippen LogP contribution is 2.18. The van der Waals surface area contributed by atoms with Gasteiger partial charge in [0.15, 0.2) is 0 Å². The predicted octanol–water partition coefficient (Wildman–Crippen LogP) is 7.02. The quantitative estimate of drug-likeness (QED) is 0.101. The molecule has 4 aromatic heterocycles. The van der Waals surface area contributed by atoms with Crippen molar-refractivity contribution in [3.05, 3.63) is 204 Å². The van der Waals surface area contributed by atoms with E-state index in [0.29, 0.717) is 41.0 Å². The number of nitrogens with zero attached hydrogens (tertiary/aromatic N) is 8. The highest BCUT2D eigenvalue weighted by Gasteiger charge is 2.12. The number of halogens is 1. The van der Waals surface area contributed by atoms with Gasteiger partial charge in [0.2, 0.25) is 0 Å². The number of hydrogen-bond acceptors (Lipinski definition) is 6. The zero-order valence-electron chi connectivity index (χ0n) is 34.0. The first-order valence-corrected chi connectivity index (χ1v) is 20.0. The third-order valence-electron chi connectivity index (χ3n) is 9.49. The van der Waals surface area contributed by atoms with Gasteiger partial charge >= 0.3 is 0 Å². The topological polar surface area (TPSA) is 129 Å². The first kappa shape index (κ1) is 41.9. The summed E-state index contributed by atoms with van der Waals surface area (Å²) in [6.07, 6.45) is 19.4. The average molecular weight is 823 g/mol. The lowest BCUT2D eigenvalue weighted by Gasteiger charge is -2.09. The average Bonchev–Trinajstić information content (AvgIpc) is 4.16. The fourth-order valence-electron chi connectivity index (χ4n) is 6.22. The third kappa shape index (κ3) is 11.7. The molecule has 8 aromatic rings. The number of imidazole rings is 2. The second kappa shape index (κ2) is 21.1. The van der Waals surface area contributed by atoms with Crippen LogP contribution in [0.1, 0.15) is 61.4 Å². The molecule has 0 bridgehead atoms.